The topological polar surface area (TPSA) is 53.5 Å². The van der Waals surface area contributed by atoms with E-state index >= 15 is 0 Å². The van der Waals surface area contributed by atoms with Gasteiger partial charge in [0.05, 0.1) is 10.9 Å². The van der Waals surface area contributed by atoms with Crippen molar-refractivity contribution in [2.45, 2.75) is 43.9 Å². The summed E-state index contributed by atoms with van der Waals surface area (Å²) in [4.78, 5) is 33.0. The molecular formula is C16H23N3O2S. The highest BCUT2D eigenvalue weighted by Crippen LogP contribution is 2.38. The van der Waals surface area contributed by atoms with Crippen LogP contribution in [-0.2, 0) is 9.59 Å². The Labute approximate surface area is 136 Å². The Morgan fingerprint density at radius 3 is 2.73 bits per heavy atom. The van der Waals surface area contributed by atoms with Gasteiger partial charge in [-0.15, -0.1) is 0 Å². The van der Waals surface area contributed by atoms with E-state index < -0.39 is 0 Å². The van der Waals surface area contributed by atoms with Crippen molar-refractivity contribution in [2.24, 2.45) is 0 Å². The number of aromatic nitrogens is 1. The van der Waals surface area contributed by atoms with Crippen molar-refractivity contribution < 1.29 is 9.59 Å². The van der Waals surface area contributed by atoms with Crippen molar-refractivity contribution in [1.82, 2.24) is 9.88 Å². The van der Waals surface area contributed by atoms with E-state index in [1.165, 1.54) is 11.8 Å². The van der Waals surface area contributed by atoms with Gasteiger partial charge in [-0.25, -0.2) is 4.98 Å². The molecule has 1 unspecified atom stereocenters. The molecule has 6 heteroatoms. The Morgan fingerprint density at radius 1 is 1.36 bits per heavy atom. The molecule has 1 aliphatic heterocycles. The maximum atomic E-state index is 12.7. The maximum Gasteiger partial charge on any atom is 0.241 e. The molecule has 120 valence electrons. The number of carbonyl (C=O) groups excluding carboxylic acids is 2. The number of pyridine rings is 1. The summed E-state index contributed by atoms with van der Waals surface area (Å²) in [6, 6.07) is 3.77. The van der Waals surface area contributed by atoms with Gasteiger partial charge in [-0.1, -0.05) is 18.7 Å². The second-order valence-corrected chi connectivity index (χ2v) is 6.39. The number of thioether (sulfide) groups is 1. The van der Waals surface area contributed by atoms with Crippen LogP contribution in [0.4, 0.5) is 5.69 Å². The first kappa shape index (κ1) is 16.8. The summed E-state index contributed by atoms with van der Waals surface area (Å²) in [5, 5.41) is 0.468. The standard InChI is InChI=1S/C16H23N3O2S/c1-4-10-19-12-8-7-9-17-15(12)22-13(16(19)21)11-14(20)18(5-2)6-3/h7-9,13H,4-6,10-11H2,1-3H3. The molecule has 2 rings (SSSR count). The maximum absolute atomic E-state index is 12.7. The number of hydrogen-bond donors (Lipinski definition) is 0. The molecule has 0 N–H and O–H groups in total. The molecule has 1 aromatic heterocycles. The lowest BCUT2D eigenvalue weighted by atomic mass is 10.2. The van der Waals surface area contributed by atoms with E-state index in [9.17, 15) is 9.59 Å². The summed E-state index contributed by atoms with van der Waals surface area (Å²) in [6.07, 6.45) is 2.85. The van der Waals surface area contributed by atoms with Crippen molar-refractivity contribution in [3.8, 4) is 0 Å². The number of hydrogen-bond acceptors (Lipinski definition) is 4. The fourth-order valence-corrected chi connectivity index (χ4v) is 3.75. The minimum Gasteiger partial charge on any atom is -0.343 e. The van der Waals surface area contributed by atoms with E-state index in [0.29, 0.717) is 19.6 Å². The molecule has 0 saturated carbocycles. The molecule has 1 aliphatic rings. The third kappa shape index (κ3) is 3.43. The second-order valence-electron chi connectivity index (χ2n) is 5.19. The minimum atomic E-state index is -0.373. The summed E-state index contributed by atoms with van der Waals surface area (Å²) in [6.45, 7) is 7.97. The normalized spacial score (nSPS) is 17.3. The van der Waals surface area contributed by atoms with Gasteiger partial charge in [0, 0.05) is 32.3 Å². The van der Waals surface area contributed by atoms with Crippen LogP contribution in [0.2, 0.25) is 0 Å². The molecule has 0 bridgehead atoms. The highest BCUT2D eigenvalue weighted by Gasteiger charge is 2.35. The zero-order valence-electron chi connectivity index (χ0n) is 13.4. The van der Waals surface area contributed by atoms with Gasteiger partial charge in [-0.3, -0.25) is 9.59 Å². The lowest BCUT2D eigenvalue weighted by molar-refractivity contribution is -0.132. The molecule has 1 atom stereocenters. The number of nitrogens with zero attached hydrogens (tertiary/aromatic N) is 3. The van der Waals surface area contributed by atoms with Crippen molar-refractivity contribution in [2.75, 3.05) is 24.5 Å². The Hall–Kier alpha value is -1.56. The van der Waals surface area contributed by atoms with Crippen LogP contribution in [-0.4, -0.2) is 46.6 Å². The smallest absolute Gasteiger partial charge is 0.241 e. The Morgan fingerprint density at radius 2 is 2.09 bits per heavy atom. The van der Waals surface area contributed by atoms with Gasteiger partial charge in [0.25, 0.3) is 0 Å². The highest BCUT2D eigenvalue weighted by atomic mass is 32.2. The van der Waals surface area contributed by atoms with Gasteiger partial charge in [0.1, 0.15) is 5.03 Å². The first-order chi connectivity index (χ1) is 10.6. The van der Waals surface area contributed by atoms with Gasteiger partial charge in [-0.2, -0.15) is 0 Å². The number of fused-ring (bicyclic) bond motifs is 1. The molecular weight excluding hydrogens is 298 g/mol. The van der Waals surface area contributed by atoms with Crippen molar-refractivity contribution in [3.63, 3.8) is 0 Å². The number of anilines is 1. The molecule has 0 aliphatic carbocycles. The molecule has 2 amide bonds. The fraction of sp³-hybridized carbons (Fsp3) is 0.562. The summed E-state index contributed by atoms with van der Waals surface area (Å²) in [7, 11) is 0. The van der Waals surface area contributed by atoms with Crippen LogP contribution in [0.15, 0.2) is 23.4 Å². The van der Waals surface area contributed by atoms with E-state index in [0.717, 1.165) is 17.1 Å². The van der Waals surface area contributed by atoms with Gasteiger partial charge in [0.2, 0.25) is 11.8 Å². The number of rotatable bonds is 6. The number of carbonyl (C=O) groups is 2. The van der Waals surface area contributed by atoms with Crippen LogP contribution in [0.1, 0.15) is 33.6 Å². The zero-order chi connectivity index (χ0) is 16.1. The van der Waals surface area contributed by atoms with Gasteiger partial charge in [-0.05, 0) is 32.4 Å². The summed E-state index contributed by atoms with van der Waals surface area (Å²) < 4.78 is 0. The molecule has 0 fully saturated rings. The fourth-order valence-electron chi connectivity index (χ4n) is 2.60. The molecule has 0 aromatic carbocycles. The van der Waals surface area contributed by atoms with E-state index in [4.69, 9.17) is 0 Å². The first-order valence-electron chi connectivity index (χ1n) is 7.83. The first-order valence-corrected chi connectivity index (χ1v) is 8.71. The van der Waals surface area contributed by atoms with Crippen LogP contribution in [0.5, 0.6) is 0 Å². The van der Waals surface area contributed by atoms with Crippen LogP contribution in [0.25, 0.3) is 0 Å². The quantitative estimate of drug-likeness (QED) is 0.808. The summed E-state index contributed by atoms with van der Waals surface area (Å²) >= 11 is 1.41. The van der Waals surface area contributed by atoms with E-state index in [1.807, 2.05) is 32.9 Å². The van der Waals surface area contributed by atoms with Crippen molar-refractivity contribution in [1.29, 1.82) is 0 Å². The van der Waals surface area contributed by atoms with E-state index in [2.05, 4.69) is 4.98 Å². The van der Waals surface area contributed by atoms with Crippen molar-refractivity contribution in [3.05, 3.63) is 18.3 Å². The summed E-state index contributed by atoms with van der Waals surface area (Å²) in [5.74, 6) is 0.0551. The van der Waals surface area contributed by atoms with E-state index in [1.54, 1.807) is 16.0 Å². The van der Waals surface area contributed by atoms with Gasteiger partial charge in [0.15, 0.2) is 0 Å². The Bertz CT molecular complexity index is 546. The Kier molecular flexibility index (Phi) is 5.83. The van der Waals surface area contributed by atoms with Crippen LogP contribution in [0.3, 0.4) is 0 Å². The summed E-state index contributed by atoms with van der Waals surface area (Å²) in [5.41, 5.74) is 0.867. The van der Waals surface area contributed by atoms with Crippen LogP contribution in [0, 0.1) is 0 Å². The third-order valence-corrected chi connectivity index (χ3v) is 4.95. The average Bonchev–Trinajstić information content (AvgIpc) is 2.52. The average molecular weight is 321 g/mol. The molecule has 1 aromatic rings. The Balaban J connectivity index is 2.21. The largest absolute Gasteiger partial charge is 0.343 e. The zero-order valence-corrected chi connectivity index (χ0v) is 14.2. The third-order valence-electron chi connectivity index (χ3n) is 3.76. The van der Waals surface area contributed by atoms with Crippen molar-refractivity contribution >= 4 is 29.3 Å². The van der Waals surface area contributed by atoms with Crippen LogP contribution < -0.4 is 4.90 Å². The van der Waals surface area contributed by atoms with Crippen LogP contribution >= 0.6 is 11.8 Å². The predicted octanol–water partition coefficient (Wildman–Crippen LogP) is 2.56. The predicted molar refractivity (Wildman–Crippen MR) is 89.1 cm³/mol. The van der Waals surface area contributed by atoms with E-state index in [-0.39, 0.29) is 23.5 Å². The van der Waals surface area contributed by atoms with Gasteiger partial charge >= 0.3 is 0 Å². The lowest BCUT2D eigenvalue weighted by Crippen LogP contribution is -2.44. The highest BCUT2D eigenvalue weighted by molar-refractivity contribution is 8.00. The SMILES string of the molecule is CCCN1C(=O)C(CC(=O)N(CC)CC)Sc2ncccc21. The molecule has 0 radical (unpaired) electrons. The minimum absolute atomic E-state index is 0.0212. The molecule has 2 heterocycles. The monoisotopic (exact) mass is 321 g/mol. The molecule has 0 spiro atoms. The molecule has 0 saturated heterocycles. The number of amides is 2. The molecule has 22 heavy (non-hydrogen) atoms. The van der Waals surface area contributed by atoms with Gasteiger partial charge < -0.3 is 9.80 Å². The molecule has 5 nitrogen and oxygen atoms in total. The second kappa shape index (κ2) is 7.63. The lowest BCUT2D eigenvalue weighted by Gasteiger charge is -2.33.